The molecule has 0 fully saturated rings. The number of anilines is 1. The van der Waals surface area contributed by atoms with Crippen LogP contribution in [0.15, 0.2) is 24.3 Å². The molecule has 134 valence electrons. The molecule has 3 amide bonds. The van der Waals surface area contributed by atoms with Crippen molar-refractivity contribution in [2.45, 2.75) is 46.1 Å². The largest absolute Gasteiger partial charge is 0.388 e. The quantitative estimate of drug-likeness (QED) is 0.589. The van der Waals surface area contributed by atoms with E-state index in [1.807, 2.05) is 6.92 Å². The summed E-state index contributed by atoms with van der Waals surface area (Å²) in [6.45, 7) is 8.52. The van der Waals surface area contributed by atoms with Crippen molar-refractivity contribution in [1.82, 2.24) is 10.6 Å². The minimum atomic E-state index is -0.927. The fourth-order valence-electron chi connectivity index (χ4n) is 2.10. The predicted octanol–water partition coefficient (Wildman–Crippen LogP) is 2.75. The summed E-state index contributed by atoms with van der Waals surface area (Å²) in [5, 5.41) is 18.3. The first kappa shape index (κ1) is 20.0. The molecule has 0 heterocycles. The number of carbonyl (C=O) groups is 2. The highest BCUT2D eigenvalue weighted by atomic mass is 16.3. The van der Waals surface area contributed by atoms with Crippen molar-refractivity contribution in [3.63, 3.8) is 0 Å². The van der Waals surface area contributed by atoms with Crippen LogP contribution >= 0.6 is 0 Å². The molecule has 0 aliphatic carbocycles. The van der Waals surface area contributed by atoms with E-state index in [1.165, 1.54) is 0 Å². The van der Waals surface area contributed by atoms with Gasteiger partial charge in [-0.2, -0.15) is 0 Å². The van der Waals surface area contributed by atoms with Crippen molar-refractivity contribution in [1.29, 1.82) is 0 Å². The Balaban J connectivity index is 2.46. The lowest BCUT2D eigenvalue weighted by atomic mass is 9.95. The van der Waals surface area contributed by atoms with E-state index in [0.717, 1.165) is 6.42 Å². The Bertz CT molecular complexity index is 539. The molecule has 0 bridgehead atoms. The van der Waals surface area contributed by atoms with E-state index in [2.05, 4.69) is 29.8 Å². The van der Waals surface area contributed by atoms with Crippen molar-refractivity contribution in [2.24, 2.45) is 5.92 Å². The molecule has 0 saturated heterocycles. The van der Waals surface area contributed by atoms with Crippen LogP contribution in [0.1, 0.15) is 50.9 Å². The van der Waals surface area contributed by atoms with E-state index in [4.69, 9.17) is 0 Å². The van der Waals surface area contributed by atoms with E-state index in [1.54, 1.807) is 31.2 Å². The van der Waals surface area contributed by atoms with Gasteiger partial charge in [-0.05, 0) is 56.9 Å². The zero-order chi connectivity index (χ0) is 18.2. The molecule has 1 aromatic carbocycles. The van der Waals surface area contributed by atoms with Crippen molar-refractivity contribution >= 4 is 17.6 Å². The van der Waals surface area contributed by atoms with Crippen LogP contribution in [0.5, 0.6) is 0 Å². The van der Waals surface area contributed by atoms with E-state index >= 15 is 0 Å². The zero-order valence-corrected chi connectivity index (χ0v) is 15.0. The maximum absolute atomic E-state index is 11.9. The third kappa shape index (κ3) is 7.46. The summed E-state index contributed by atoms with van der Waals surface area (Å²) in [7, 11) is 0. The van der Waals surface area contributed by atoms with Gasteiger partial charge in [-0.15, -0.1) is 0 Å². The normalized spacial score (nSPS) is 13.2. The average molecular weight is 335 g/mol. The molecule has 0 unspecified atom stereocenters. The third-order valence-electron chi connectivity index (χ3n) is 3.63. The van der Waals surface area contributed by atoms with Crippen LogP contribution in [0.25, 0.3) is 0 Å². The maximum Gasteiger partial charge on any atom is 0.319 e. The molecule has 6 nitrogen and oxygen atoms in total. The molecule has 0 spiro atoms. The number of hydrogen-bond donors (Lipinski definition) is 4. The lowest BCUT2D eigenvalue weighted by Gasteiger charge is -2.24. The Morgan fingerprint density at radius 1 is 1.17 bits per heavy atom. The standard InChI is InChI=1S/C18H29N3O3/c1-5-19-16(22)14-6-8-15(9-7-14)21-17(23)20-12-18(4,24)11-10-13(2)3/h6-9,13,24H,5,10-12H2,1-4H3,(H,19,22)(H2,20,21,23)/t18-/m1/s1. The summed E-state index contributed by atoms with van der Waals surface area (Å²) < 4.78 is 0. The lowest BCUT2D eigenvalue weighted by molar-refractivity contribution is 0.0481. The Kier molecular flexibility index (Phi) is 7.71. The van der Waals surface area contributed by atoms with Crippen molar-refractivity contribution in [3.05, 3.63) is 29.8 Å². The number of amides is 3. The molecule has 1 aromatic rings. The highest BCUT2D eigenvalue weighted by Crippen LogP contribution is 2.15. The number of aliphatic hydroxyl groups is 1. The predicted molar refractivity (Wildman–Crippen MR) is 96.2 cm³/mol. The second-order valence-corrected chi connectivity index (χ2v) is 6.67. The van der Waals surface area contributed by atoms with E-state index in [9.17, 15) is 14.7 Å². The van der Waals surface area contributed by atoms with Crippen LogP contribution in [0, 0.1) is 5.92 Å². The maximum atomic E-state index is 11.9. The molecule has 0 saturated carbocycles. The van der Waals surface area contributed by atoms with Crippen molar-refractivity contribution in [2.75, 3.05) is 18.4 Å². The van der Waals surface area contributed by atoms with Crippen LogP contribution in [0.2, 0.25) is 0 Å². The number of hydrogen-bond acceptors (Lipinski definition) is 3. The number of rotatable bonds is 8. The number of carbonyl (C=O) groups excluding carboxylic acids is 2. The molecular formula is C18H29N3O3. The smallest absolute Gasteiger partial charge is 0.319 e. The van der Waals surface area contributed by atoms with E-state index in [0.29, 0.717) is 30.1 Å². The van der Waals surface area contributed by atoms with Crippen LogP contribution in [-0.2, 0) is 0 Å². The first-order valence-electron chi connectivity index (χ1n) is 8.39. The minimum absolute atomic E-state index is 0.144. The molecule has 0 aliphatic heterocycles. The van der Waals surface area contributed by atoms with Gasteiger partial charge < -0.3 is 21.1 Å². The summed E-state index contributed by atoms with van der Waals surface area (Å²) in [6.07, 6.45) is 1.53. The Morgan fingerprint density at radius 2 is 1.79 bits per heavy atom. The molecule has 1 rings (SSSR count). The summed E-state index contributed by atoms with van der Waals surface area (Å²) in [6, 6.07) is 6.26. The highest BCUT2D eigenvalue weighted by molar-refractivity contribution is 5.95. The SMILES string of the molecule is CCNC(=O)c1ccc(NC(=O)NC[C@](C)(O)CCC(C)C)cc1. The van der Waals surface area contributed by atoms with Gasteiger partial charge in [0.2, 0.25) is 0 Å². The number of urea groups is 1. The first-order valence-corrected chi connectivity index (χ1v) is 8.39. The second-order valence-electron chi connectivity index (χ2n) is 6.67. The highest BCUT2D eigenvalue weighted by Gasteiger charge is 2.21. The van der Waals surface area contributed by atoms with Gasteiger partial charge in [0, 0.05) is 24.3 Å². The van der Waals surface area contributed by atoms with Gasteiger partial charge in [-0.3, -0.25) is 4.79 Å². The van der Waals surface area contributed by atoms with Crippen LogP contribution < -0.4 is 16.0 Å². The van der Waals surface area contributed by atoms with Crippen molar-refractivity contribution in [3.8, 4) is 0 Å². The van der Waals surface area contributed by atoms with Crippen LogP contribution in [0.4, 0.5) is 10.5 Å². The van der Waals surface area contributed by atoms with Crippen molar-refractivity contribution < 1.29 is 14.7 Å². The molecule has 0 aliphatic rings. The van der Waals surface area contributed by atoms with Gasteiger partial charge in [-0.1, -0.05) is 13.8 Å². The van der Waals surface area contributed by atoms with Gasteiger partial charge in [-0.25, -0.2) is 4.79 Å². The number of benzene rings is 1. The van der Waals surface area contributed by atoms with Gasteiger partial charge in [0.15, 0.2) is 0 Å². The van der Waals surface area contributed by atoms with Gasteiger partial charge in [0.25, 0.3) is 5.91 Å². The summed E-state index contributed by atoms with van der Waals surface area (Å²) >= 11 is 0. The average Bonchev–Trinajstić information content (AvgIpc) is 2.52. The topological polar surface area (TPSA) is 90.5 Å². The number of nitrogens with one attached hydrogen (secondary N) is 3. The molecule has 0 radical (unpaired) electrons. The summed E-state index contributed by atoms with van der Waals surface area (Å²) in [5.74, 6) is 0.364. The van der Waals surface area contributed by atoms with Gasteiger partial charge >= 0.3 is 6.03 Å². The third-order valence-corrected chi connectivity index (χ3v) is 3.63. The molecule has 24 heavy (non-hydrogen) atoms. The van der Waals surface area contributed by atoms with Crippen LogP contribution in [0.3, 0.4) is 0 Å². The fourth-order valence-corrected chi connectivity index (χ4v) is 2.10. The van der Waals surface area contributed by atoms with Gasteiger partial charge in [0.1, 0.15) is 0 Å². The van der Waals surface area contributed by atoms with Crippen LogP contribution in [-0.4, -0.2) is 35.7 Å². The molecule has 0 aromatic heterocycles. The molecule has 4 N–H and O–H groups in total. The van der Waals surface area contributed by atoms with E-state index in [-0.39, 0.29) is 18.5 Å². The minimum Gasteiger partial charge on any atom is -0.388 e. The fraction of sp³-hybridized carbons (Fsp3) is 0.556. The Morgan fingerprint density at radius 3 is 2.33 bits per heavy atom. The first-order chi connectivity index (χ1) is 11.2. The lowest BCUT2D eigenvalue weighted by Crippen LogP contribution is -2.42. The molecule has 1 atom stereocenters. The van der Waals surface area contributed by atoms with E-state index < -0.39 is 5.60 Å². The Hall–Kier alpha value is -2.08. The molecule has 6 heteroatoms. The molecular weight excluding hydrogens is 306 g/mol. The monoisotopic (exact) mass is 335 g/mol. The van der Waals surface area contributed by atoms with Gasteiger partial charge in [0.05, 0.1) is 5.60 Å². The zero-order valence-electron chi connectivity index (χ0n) is 15.0. The summed E-state index contributed by atoms with van der Waals surface area (Å²) in [4.78, 5) is 23.6. The summed E-state index contributed by atoms with van der Waals surface area (Å²) in [5.41, 5.74) is 0.200. The Labute approximate surface area is 144 Å². The second kappa shape index (κ2) is 9.27.